The molecule has 0 unspecified atom stereocenters. The van der Waals surface area contributed by atoms with Crippen LogP contribution >= 0.6 is 0 Å². The summed E-state index contributed by atoms with van der Waals surface area (Å²) < 4.78 is 7.87. The van der Waals surface area contributed by atoms with Crippen molar-refractivity contribution in [1.29, 1.82) is 0 Å². The number of benzene rings is 2. The summed E-state index contributed by atoms with van der Waals surface area (Å²) in [4.78, 5) is 27.3. The van der Waals surface area contributed by atoms with Gasteiger partial charge in [0.05, 0.1) is 13.1 Å². The van der Waals surface area contributed by atoms with Gasteiger partial charge >= 0.3 is 0 Å². The van der Waals surface area contributed by atoms with Crippen molar-refractivity contribution in [2.45, 2.75) is 44.2 Å². The lowest BCUT2D eigenvalue weighted by atomic mass is 9.88. The number of hydrogen-bond donors (Lipinski definition) is 0. The van der Waals surface area contributed by atoms with Crippen LogP contribution in [-0.4, -0.2) is 34.6 Å². The number of nitrogens with zero attached hydrogens (tertiary/aromatic N) is 2. The molecule has 2 aromatic carbocycles. The first-order chi connectivity index (χ1) is 15.6. The molecule has 2 fully saturated rings. The van der Waals surface area contributed by atoms with E-state index in [4.69, 9.17) is 4.74 Å². The molecule has 5 nitrogen and oxygen atoms in total. The maximum atomic E-state index is 13.0. The highest BCUT2D eigenvalue weighted by Crippen LogP contribution is 2.35. The largest absolute Gasteiger partial charge is 0.486 e. The number of carbonyl (C=O) groups is 1. The van der Waals surface area contributed by atoms with Crippen molar-refractivity contribution in [1.82, 2.24) is 9.47 Å². The minimum absolute atomic E-state index is 0.00307. The van der Waals surface area contributed by atoms with Crippen molar-refractivity contribution >= 4 is 5.91 Å². The van der Waals surface area contributed by atoms with E-state index in [-0.39, 0.29) is 23.5 Å². The minimum atomic E-state index is -0.0681. The van der Waals surface area contributed by atoms with Crippen LogP contribution in [0.4, 0.5) is 0 Å². The predicted octanol–water partition coefficient (Wildman–Crippen LogP) is 4.30. The van der Waals surface area contributed by atoms with Crippen LogP contribution in [0, 0.1) is 6.92 Å². The van der Waals surface area contributed by atoms with Gasteiger partial charge in [0.2, 0.25) is 5.91 Å². The third kappa shape index (κ3) is 4.33. The topological polar surface area (TPSA) is 51.5 Å². The first kappa shape index (κ1) is 20.6. The van der Waals surface area contributed by atoms with Crippen LogP contribution in [0.2, 0.25) is 0 Å². The second kappa shape index (κ2) is 8.65. The van der Waals surface area contributed by atoms with Crippen LogP contribution < -0.4 is 10.3 Å². The molecule has 5 rings (SSSR count). The van der Waals surface area contributed by atoms with Crippen molar-refractivity contribution in [2.24, 2.45) is 0 Å². The second-order valence-corrected chi connectivity index (χ2v) is 8.89. The Morgan fingerprint density at radius 3 is 2.09 bits per heavy atom. The van der Waals surface area contributed by atoms with Gasteiger partial charge in [-0.05, 0) is 37.0 Å². The molecule has 32 heavy (non-hydrogen) atoms. The zero-order chi connectivity index (χ0) is 22.1. The number of likely N-dealkylation sites (tertiary alicyclic amines) is 1. The second-order valence-electron chi connectivity index (χ2n) is 8.89. The maximum Gasteiger partial charge on any atom is 0.254 e. The van der Waals surface area contributed by atoms with Crippen LogP contribution in [0.25, 0.3) is 0 Å². The highest BCUT2D eigenvalue weighted by Gasteiger charge is 2.34. The molecule has 0 atom stereocenters. The lowest BCUT2D eigenvalue weighted by Crippen LogP contribution is -2.56. The minimum Gasteiger partial charge on any atom is -0.486 e. The normalized spacial score (nSPS) is 16.1. The van der Waals surface area contributed by atoms with E-state index < -0.39 is 0 Å². The lowest BCUT2D eigenvalue weighted by molar-refractivity contribution is -0.140. The molecule has 164 valence electrons. The Labute approximate surface area is 188 Å². The summed E-state index contributed by atoms with van der Waals surface area (Å²) in [6.45, 7) is 3.07. The Morgan fingerprint density at radius 2 is 1.56 bits per heavy atom. The van der Waals surface area contributed by atoms with Gasteiger partial charge in [-0.25, -0.2) is 0 Å². The standard InChI is InChI=1S/C27H28N2O3/c1-19-14-23(15-27(31)29(19)22-12-13-22)32-24-17-28(18-24)26(30)16-25(20-8-4-2-5-9-20)21-10-6-3-7-11-21/h2-11,14-15,22,24-25H,12-13,16-18H2,1H3. The van der Waals surface area contributed by atoms with Crippen molar-refractivity contribution in [3.63, 3.8) is 0 Å². The van der Waals surface area contributed by atoms with Gasteiger partial charge in [-0.3, -0.25) is 9.59 Å². The summed E-state index contributed by atoms with van der Waals surface area (Å²) in [5.41, 5.74) is 3.23. The number of hydrogen-bond acceptors (Lipinski definition) is 3. The number of pyridine rings is 1. The molecular weight excluding hydrogens is 400 g/mol. The van der Waals surface area contributed by atoms with E-state index in [0.29, 0.717) is 31.3 Å². The van der Waals surface area contributed by atoms with Gasteiger partial charge in [0.1, 0.15) is 11.9 Å². The highest BCUT2D eigenvalue weighted by atomic mass is 16.5. The zero-order valence-corrected chi connectivity index (χ0v) is 18.3. The summed E-state index contributed by atoms with van der Waals surface area (Å²) in [7, 11) is 0. The third-order valence-electron chi connectivity index (χ3n) is 6.43. The summed E-state index contributed by atoms with van der Waals surface area (Å²) in [5, 5.41) is 0. The number of aromatic nitrogens is 1. The van der Waals surface area contributed by atoms with Crippen molar-refractivity contribution in [3.8, 4) is 5.75 Å². The molecule has 2 heterocycles. The fourth-order valence-electron chi connectivity index (χ4n) is 4.56. The van der Waals surface area contributed by atoms with E-state index in [1.807, 2.05) is 58.9 Å². The number of rotatable bonds is 7. The maximum absolute atomic E-state index is 13.0. The number of amides is 1. The van der Waals surface area contributed by atoms with Crippen molar-refractivity contribution in [2.75, 3.05) is 13.1 Å². The molecule has 5 heteroatoms. The monoisotopic (exact) mass is 428 g/mol. The molecule has 3 aromatic rings. The Kier molecular flexibility index (Phi) is 5.56. The summed E-state index contributed by atoms with van der Waals surface area (Å²) in [6, 6.07) is 24.3. The van der Waals surface area contributed by atoms with Gasteiger partial charge in [-0.15, -0.1) is 0 Å². The van der Waals surface area contributed by atoms with Crippen LogP contribution in [0.15, 0.2) is 77.6 Å². The molecule has 1 saturated heterocycles. The molecule has 2 aliphatic rings. The fraction of sp³-hybridized carbons (Fsp3) is 0.333. The van der Waals surface area contributed by atoms with Gasteiger partial charge in [-0.2, -0.15) is 0 Å². The first-order valence-electron chi connectivity index (χ1n) is 11.4. The molecule has 1 saturated carbocycles. The Balaban J connectivity index is 1.22. The smallest absolute Gasteiger partial charge is 0.254 e. The van der Waals surface area contributed by atoms with Crippen LogP contribution in [-0.2, 0) is 4.79 Å². The molecule has 0 spiro atoms. The molecule has 1 aliphatic heterocycles. The van der Waals surface area contributed by atoms with Gasteiger partial charge in [0.15, 0.2) is 0 Å². The van der Waals surface area contributed by atoms with E-state index in [1.165, 1.54) is 0 Å². The van der Waals surface area contributed by atoms with Gasteiger partial charge in [0, 0.05) is 30.1 Å². The number of carbonyl (C=O) groups excluding carboxylic acids is 1. The fourth-order valence-corrected chi connectivity index (χ4v) is 4.56. The summed E-state index contributed by atoms with van der Waals surface area (Å²) in [5.74, 6) is 0.762. The van der Waals surface area contributed by atoms with E-state index in [1.54, 1.807) is 6.07 Å². The Hall–Kier alpha value is -3.34. The average Bonchev–Trinajstić information content (AvgIpc) is 3.60. The highest BCUT2D eigenvalue weighted by molar-refractivity contribution is 5.78. The van der Waals surface area contributed by atoms with Gasteiger partial charge in [-0.1, -0.05) is 60.7 Å². The quantitative estimate of drug-likeness (QED) is 0.564. The predicted molar refractivity (Wildman–Crippen MR) is 124 cm³/mol. The molecule has 0 N–H and O–H groups in total. The SMILES string of the molecule is Cc1cc(OC2CN(C(=O)CC(c3ccccc3)c3ccccc3)C2)cc(=O)n1C1CC1. The number of aryl methyl sites for hydroxylation is 1. The van der Waals surface area contributed by atoms with Gasteiger partial charge in [0.25, 0.3) is 5.56 Å². The van der Waals surface area contributed by atoms with Crippen LogP contribution in [0.5, 0.6) is 5.75 Å². The molecule has 1 aliphatic carbocycles. The third-order valence-corrected chi connectivity index (χ3v) is 6.43. The molecule has 1 aromatic heterocycles. The number of ether oxygens (including phenoxy) is 1. The van der Waals surface area contributed by atoms with Crippen LogP contribution in [0.1, 0.15) is 48.0 Å². The van der Waals surface area contributed by atoms with Crippen LogP contribution in [0.3, 0.4) is 0 Å². The Bertz CT molecular complexity index is 1110. The van der Waals surface area contributed by atoms with Crippen molar-refractivity contribution < 1.29 is 9.53 Å². The first-order valence-corrected chi connectivity index (χ1v) is 11.4. The Morgan fingerprint density at radius 1 is 0.969 bits per heavy atom. The van der Waals surface area contributed by atoms with E-state index in [0.717, 1.165) is 29.7 Å². The molecule has 0 radical (unpaired) electrons. The lowest BCUT2D eigenvalue weighted by Gasteiger charge is -2.39. The molecule has 0 bridgehead atoms. The van der Waals surface area contributed by atoms with E-state index >= 15 is 0 Å². The van der Waals surface area contributed by atoms with Gasteiger partial charge < -0.3 is 14.2 Å². The zero-order valence-electron chi connectivity index (χ0n) is 18.3. The van der Waals surface area contributed by atoms with E-state index in [9.17, 15) is 9.59 Å². The molecule has 1 amide bonds. The summed E-state index contributed by atoms with van der Waals surface area (Å²) >= 11 is 0. The molecular formula is C27H28N2O3. The van der Waals surface area contributed by atoms with Crippen molar-refractivity contribution in [3.05, 3.63) is 100.0 Å². The average molecular weight is 429 g/mol. The van der Waals surface area contributed by atoms with E-state index in [2.05, 4.69) is 24.3 Å². The summed E-state index contributed by atoms with van der Waals surface area (Å²) in [6.07, 6.45) is 2.51.